The SMILES string of the molecule is Nc1ccccc1S(=O)(=O)c1ncccn1. The number of sulfone groups is 1. The van der Waals surface area contributed by atoms with Crippen molar-refractivity contribution in [1.29, 1.82) is 0 Å². The van der Waals surface area contributed by atoms with E-state index in [9.17, 15) is 8.42 Å². The maximum absolute atomic E-state index is 12.0. The number of benzene rings is 1. The Morgan fingerprint density at radius 3 is 2.25 bits per heavy atom. The maximum Gasteiger partial charge on any atom is 0.252 e. The lowest BCUT2D eigenvalue weighted by molar-refractivity contribution is 0.587. The number of rotatable bonds is 2. The number of hydrogen-bond acceptors (Lipinski definition) is 5. The van der Waals surface area contributed by atoms with Crippen LogP contribution in [0, 0.1) is 0 Å². The van der Waals surface area contributed by atoms with Gasteiger partial charge in [-0.2, -0.15) is 0 Å². The number of aromatic nitrogens is 2. The topological polar surface area (TPSA) is 85.9 Å². The quantitative estimate of drug-likeness (QED) is 0.617. The van der Waals surface area contributed by atoms with E-state index >= 15 is 0 Å². The number of hydrogen-bond donors (Lipinski definition) is 1. The fourth-order valence-electron chi connectivity index (χ4n) is 1.25. The molecule has 5 nitrogen and oxygen atoms in total. The molecule has 0 atom stereocenters. The number of para-hydroxylation sites is 1. The van der Waals surface area contributed by atoms with Crippen LogP contribution >= 0.6 is 0 Å². The molecule has 2 aromatic rings. The minimum atomic E-state index is -3.72. The Morgan fingerprint density at radius 1 is 1.00 bits per heavy atom. The van der Waals surface area contributed by atoms with E-state index in [0.717, 1.165) is 0 Å². The van der Waals surface area contributed by atoms with Crippen LogP contribution in [0.1, 0.15) is 0 Å². The van der Waals surface area contributed by atoms with Gasteiger partial charge in [0.2, 0.25) is 9.84 Å². The summed E-state index contributed by atoms with van der Waals surface area (Å²) in [5.41, 5.74) is 5.80. The van der Waals surface area contributed by atoms with Gasteiger partial charge in [-0.05, 0) is 18.2 Å². The summed E-state index contributed by atoms with van der Waals surface area (Å²) in [4.78, 5) is 7.46. The molecule has 1 aromatic carbocycles. The minimum Gasteiger partial charge on any atom is -0.398 e. The van der Waals surface area contributed by atoms with Crippen LogP contribution in [-0.2, 0) is 9.84 Å². The van der Waals surface area contributed by atoms with E-state index in [1.54, 1.807) is 18.2 Å². The second-order valence-electron chi connectivity index (χ2n) is 3.07. The van der Waals surface area contributed by atoms with Crippen molar-refractivity contribution < 1.29 is 8.42 Å². The molecule has 0 spiro atoms. The fourth-order valence-corrected chi connectivity index (χ4v) is 2.48. The highest BCUT2D eigenvalue weighted by Crippen LogP contribution is 2.22. The van der Waals surface area contributed by atoms with Crippen molar-refractivity contribution in [3.8, 4) is 0 Å². The second-order valence-corrected chi connectivity index (χ2v) is 4.88. The zero-order valence-corrected chi connectivity index (χ0v) is 9.05. The van der Waals surface area contributed by atoms with Gasteiger partial charge in [0.05, 0.1) is 10.6 Å². The highest BCUT2D eigenvalue weighted by molar-refractivity contribution is 7.91. The van der Waals surface area contributed by atoms with Crippen LogP contribution in [0.2, 0.25) is 0 Å². The van der Waals surface area contributed by atoms with Gasteiger partial charge in [-0.25, -0.2) is 18.4 Å². The van der Waals surface area contributed by atoms with Gasteiger partial charge in [-0.15, -0.1) is 0 Å². The number of nitrogens with zero attached hydrogens (tertiary/aromatic N) is 2. The molecule has 0 aliphatic carbocycles. The lowest BCUT2D eigenvalue weighted by atomic mass is 10.3. The summed E-state index contributed by atoms with van der Waals surface area (Å²) in [5.74, 6) is 0. The van der Waals surface area contributed by atoms with Gasteiger partial charge in [0.25, 0.3) is 5.16 Å². The molecule has 0 aliphatic heterocycles. The van der Waals surface area contributed by atoms with Gasteiger partial charge in [-0.1, -0.05) is 12.1 Å². The molecule has 0 fully saturated rings. The summed E-state index contributed by atoms with van der Waals surface area (Å²) in [6.45, 7) is 0. The zero-order valence-electron chi connectivity index (χ0n) is 8.24. The van der Waals surface area contributed by atoms with E-state index < -0.39 is 9.84 Å². The molecule has 0 amide bonds. The largest absolute Gasteiger partial charge is 0.398 e. The third-order valence-electron chi connectivity index (χ3n) is 1.99. The molecule has 0 saturated carbocycles. The van der Waals surface area contributed by atoms with Crippen molar-refractivity contribution in [1.82, 2.24) is 9.97 Å². The van der Waals surface area contributed by atoms with Crippen LogP contribution in [0.25, 0.3) is 0 Å². The molecule has 6 heteroatoms. The first kappa shape index (κ1) is 10.6. The Bertz CT molecular complexity index is 596. The number of anilines is 1. The van der Waals surface area contributed by atoms with E-state index in [1.165, 1.54) is 24.5 Å². The molecule has 2 N–H and O–H groups in total. The summed E-state index contributed by atoms with van der Waals surface area (Å²) in [6.07, 6.45) is 2.75. The molecule has 2 rings (SSSR count). The van der Waals surface area contributed by atoms with Gasteiger partial charge >= 0.3 is 0 Å². The maximum atomic E-state index is 12.0. The average molecular weight is 235 g/mol. The molecule has 16 heavy (non-hydrogen) atoms. The van der Waals surface area contributed by atoms with Crippen LogP contribution in [-0.4, -0.2) is 18.4 Å². The van der Waals surface area contributed by atoms with E-state index in [-0.39, 0.29) is 15.7 Å². The molecule has 0 bridgehead atoms. The van der Waals surface area contributed by atoms with Gasteiger partial charge < -0.3 is 5.73 Å². The zero-order chi connectivity index (χ0) is 11.6. The van der Waals surface area contributed by atoms with Crippen molar-refractivity contribution in [2.45, 2.75) is 10.1 Å². The van der Waals surface area contributed by atoms with Crippen LogP contribution in [0.3, 0.4) is 0 Å². The molecular weight excluding hydrogens is 226 g/mol. The van der Waals surface area contributed by atoms with Crippen LogP contribution < -0.4 is 5.73 Å². The van der Waals surface area contributed by atoms with Crippen molar-refractivity contribution in [2.75, 3.05) is 5.73 Å². The molecule has 0 aliphatic rings. The Morgan fingerprint density at radius 2 is 1.62 bits per heavy atom. The average Bonchev–Trinajstić information content (AvgIpc) is 2.30. The Hall–Kier alpha value is -1.95. The first-order chi connectivity index (χ1) is 7.62. The van der Waals surface area contributed by atoms with Gasteiger partial charge in [0.15, 0.2) is 0 Å². The summed E-state index contributed by atoms with van der Waals surface area (Å²) in [7, 11) is -3.72. The monoisotopic (exact) mass is 235 g/mol. The van der Waals surface area contributed by atoms with Crippen LogP contribution in [0.15, 0.2) is 52.8 Å². The molecule has 1 aromatic heterocycles. The van der Waals surface area contributed by atoms with E-state index in [2.05, 4.69) is 9.97 Å². The van der Waals surface area contributed by atoms with Crippen molar-refractivity contribution >= 4 is 15.5 Å². The van der Waals surface area contributed by atoms with Crippen LogP contribution in [0.4, 0.5) is 5.69 Å². The van der Waals surface area contributed by atoms with Gasteiger partial charge in [0, 0.05) is 12.4 Å². The summed E-state index contributed by atoms with van der Waals surface area (Å²) >= 11 is 0. The van der Waals surface area contributed by atoms with Gasteiger partial charge in [0.1, 0.15) is 0 Å². The highest BCUT2D eigenvalue weighted by Gasteiger charge is 2.22. The summed E-state index contributed by atoms with van der Waals surface area (Å²) in [5, 5.41) is -0.243. The van der Waals surface area contributed by atoms with E-state index in [0.29, 0.717) is 0 Å². The molecule has 0 saturated heterocycles. The third-order valence-corrected chi connectivity index (χ3v) is 3.63. The molecular formula is C10H9N3O2S. The Kier molecular flexibility index (Phi) is 2.57. The normalized spacial score (nSPS) is 11.2. The molecule has 1 heterocycles. The fraction of sp³-hybridized carbons (Fsp3) is 0. The Balaban J connectivity index is 2.62. The Labute approximate surface area is 92.9 Å². The third kappa shape index (κ3) is 1.74. The second kappa shape index (κ2) is 3.90. The predicted molar refractivity (Wildman–Crippen MR) is 58.3 cm³/mol. The van der Waals surface area contributed by atoms with Gasteiger partial charge in [-0.3, -0.25) is 0 Å². The van der Waals surface area contributed by atoms with Crippen molar-refractivity contribution in [2.24, 2.45) is 0 Å². The van der Waals surface area contributed by atoms with E-state index in [1.807, 2.05) is 0 Å². The first-order valence-electron chi connectivity index (χ1n) is 4.49. The van der Waals surface area contributed by atoms with E-state index in [4.69, 9.17) is 5.73 Å². The molecule has 0 unspecified atom stereocenters. The van der Waals surface area contributed by atoms with Crippen molar-refractivity contribution in [3.05, 3.63) is 42.7 Å². The first-order valence-corrected chi connectivity index (χ1v) is 5.97. The van der Waals surface area contributed by atoms with Crippen molar-refractivity contribution in [3.63, 3.8) is 0 Å². The lowest BCUT2D eigenvalue weighted by Gasteiger charge is -2.04. The molecule has 82 valence electrons. The summed E-state index contributed by atoms with van der Waals surface area (Å²) in [6, 6.07) is 7.77. The number of nitrogens with two attached hydrogens (primary N) is 1. The standard InChI is InChI=1S/C10H9N3O2S/c11-8-4-1-2-5-9(8)16(14,15)10-12-6-3-7-13-10/h1-7H,11H2. The summed E-state index contributed by atoms with van der Waals surface area (Å²) < 4.78 is 24.1. The lowest BCUT2D eigenvalue weighted by Crippen LogP contribution is -2.08. The molecule has 0 radical (unpaired) electrons. The highest BCUT2D eigenvalue weighted by atomic mass is 32.2. The minimum absolute atomic E-state index is 0.0289. The predicted octanol–water partition coefficient (Wildman–Crippen LogP) is 0.892. The van der Waals surface area contributed by atoms with Crippen LogP contribution in [0.5, 0.6) is 0 Å². The smallest absolute Gasteiger partial charge is 0.252 e. The number of nitrogen functional groups attached to an aromatic ring is 1.